The molecule has 0 aromatic carbocycles. The summed E-state index contributed by atoms with van der Waals surface area (Å²) in [5.41, 5.74) is 1.68. The molecule has 0 aliphatic carbocycles. The predicted molar refractivity (Wildman–Crippen MR) is 84.4 cm³/mol. The van der Waals surface area contributed by atoms with Crippen LogP contribution in [0.3, 0.4) is 0 Å². The Labute approximate surface area is 127 Å². The first-order valence-electron chi connectivity index (χ1n) is 8.06. The molecule has 1 amide bonds. The molecule has 5 heteroatoms. The lowest BCUT2D eigenvalue weighted by molar-refractivity contribution is 0.0710. The average molecular weight is 292 g/mol. The molecule has 1 aliphatic heterocycles. The van der Waals surface area contributed by atoms with E-state index >= 15 is 0 Å². The summed E-state index contributed by atoms with van der Waals surface area (Å²) in [5.74, 6) is 0.571. The molecule has 2 rings (SSSR count). The third-order valence-corrected chi connectivity index (χ3v) is 3.99. The largest absolute Gasteiger partial charge is 0.336 e. The van der Waals surface area contributed by atoms with E-state index in [0.717, 1.165) is 38.2 Å². The molecule has 2 heterocycles. The highest BCUT2D eigenvalue weighted by Gasteiger charge is 2.25. The van der Waals surface area contributed by atoms with Crippen LogP contribution in [0.5, 0.6) is 0 Å². The Hall–Kier alpha value is -1.36. The molecule has 1 aromatic heterocycles. The van der Waals surface area contributed by atoms with Crippen LogP contribution in [0.15, 0.2) is 6.07 Å². The van der Waals surface area contributed by atoms with Gasteiger partial charge in [-0.25, -0.2) is 0 Å². The first-order valence-corrected chi connectivity index (χ1v) is 8.06. The Morgan fingerprint density at radius 1 is 1.57 bits per heavy atom. The summed E-state index contributed by atoms with van der Waals surface area (Å²) in [4.78, 5) is 14.8. The molecule has 0 saturated carbocycles. The highest BCUT2D eigenvalue weighted by atomic mass is 16.2. The van der Waals surface area contributed by atoms with E-state index in [9.17, 15) is 4.79 Å². The van der Waals surface area contributed by atoms with Gasteiger partial charge >= 0.3 is 0 Å². The van der Waals surface area contributed by atoms with Crippen molar-refractivity contribution in [3.8, 4) is 0 Å². The number of rotatable bonds is 6. The Morgan fingerprint density at radius 3 is 2.86 bits per heavy atom. The molecule has 1 unspecified atom stereocenters. The summed E-state index contributed by atoms with van der Waals surface area (Å²) in [6.07, 6.45) is 3.23. The summed E-state index contributed by atoms with van der Waals surface area (Å²) in [6, 6.07) is 2.36. The van der Waals surface area contributed by atoms with Crippen molar-refractivity contribution in [1.29, 1.82) is 0 Å². The number of nitrogens with zero attached hydrogens (tertiary/aromatic N) is 3. The van der Waals surface area contributed by atoms with Crippen LogP contribution in [0.25, 0.3) is 0 Å². The van der Waals surface area contributed by atoms with E-state index in [1.807, 2.05) is 18.0 Å². The van der Waals surface area contributed by atoms with Crippen LogP contribution in [0.1, 0.15) is 49.8 Å². The van der Waals surface area contributed by atoms with Crippen LogP contribution in [0, 0.1) is 5.92 Å². The maximum atomic E-state index is 12.9. The maximum absolute atomic E-state index is 12.9. The molecular weight excluding hydrogens is 264 g/mol. The zero-order valence-electron chi connectivity index (χ0n) is 13.7. The Bertz CT molecular complexity index is 475. The van der Waals surface area contributed by atoms with Gasteiger partial charge in [-0.05, 0) is 37.8 Å². The Balaban J connectivity index is 2.13. The zero-order valence-corrected chi connectivity index (χ0v) is 13.7. The van der Waals surface area contributed by atoms with Gasteiger partial charge in [0, 0.05) is 26.2 Å². The highest BCUT2D eigenvalue weighted by molar-refractivity contribution is 5.92. The fraction of sp³-hybridized carbons (Fsp3) is 0.750. The van der Waals surface area contributed by atoms with Crippen LogP contribution in [-0.4, -0.2) is 46.3 Å². The molecular formula is C16H28N4O. The quantitative estimate of drug-likeness (QED) is 0.870. The fourth-order valence-electron chi connectivity index (χ4n) is 2.92. The van der Waals surface area contributed by atoms with Gasteiger partial charge in [0.2, 0.25) is 0 Å². The zero-order chi connectivity index (χ0) is 15.4. The molecule has 0 radical (unpaired) electrons. The number of amides is 1. The lowest BCUT2D eigenvalue weighted by Crippen LogP contribution is -2.43. The number of carbonyl (C=O) groups excluding carboxylic acids is 1. The van der Waals surface area contributed by atoms with Crippen molar-refractivity contribution in [3.05, 3.63) is 17.5 Å². The van der Waals surface area contributed by atoms with Gasteiger partial charge in [-0.2, -0.15) is 5.10 Å². The molecule has 1 fully saturated rings. The van der Waals surface area contributed by atoms with Crippen LogP contribution < -0.4 is 5.32 Å². The lowest BCUT2D eigenvalue weighted by Gasteiger charge is -2.27. The van der Waals surface area contributed by atoms with Crippen LogP contribution in [0.4, 0.5) is 0 Å². The predicted octanol–water partition coefficient (Wildman–Crippen LogP) is 1.83. The Kier molecular flexibility index (Phi) is 5.39. The molecule has 0 bridgehead atoms. The van der Waals surface area contributed by atoms with E-state index in [2.05, 4.69) is 31.2 Å². The standard InChI is InChI=1S/C16H28N4O/c1-5-13-9-15(19(4)18-13)16(21)20(10-12(2)3)11-14-7-6-8-17-14/h9,12,14,17H,5-8,10-11H2,1-4H3. The van der Waals surface area contributed by atoms with Crippen LogP contribution >= 0.6 is 0 Å². The van der Waals surface area contributed by atoms with E-state index in [0.29, 0.717) is 17.7 Å². The number of carbonyl (C=O) groups is 1. The summed E-state index contributed by atoms with van der Waals surface area (Å²) in [6.45, 7) is 9.03. The smallest absolute Gasteiger partial charge is 0.272 e. The minimum absolute atomic E-state index is 0.104. The van der Waals surface area contributed by atoms with Gasteiger partial charge in [-0.3, -0.25) is 9.48 Å². The number of aryl methyl sites for hydroxylation is 2. The van der Waals surface area contributed by atoms with Crippen LogP contribution in [0.2, 0.25) is 0 Å². The van der Waals surface area contributed by atoms with E-state index in [1.54, 1.807) is 4.68 Å². The second-order valence-electron chi connectivity index (χ2n) is 6.40. The number of aromatic nitrogens is 2. The molecule has 21 heavy (non-hydrogen) atoms. The van der Waals surface area contributed by atoms with Gasteiger partial charge in [0.1, 0.15) is 5.69 Å². The van der Waals surface area contributed by atoms with Gasteiger partial charge in [0.25, 0.3) is 5.91 Å². The van der Waals surface area contributed by atoms with E-state index in [-0.39, 0.29) is 5.91 Å². The number of hydrogen-bond donors (Lipinski definition) is 1. The van der Waals surface area contributed by atoms with Crippen molar-refractivity contribution in [1.82, 2.24) is 20.0 Å². The highest BCUT2D eigenvalue weighted by Crippen LogP contribution is 2.13. The minimum Gasteiger partial charge on any atom is -0.336 e. The first kappa shape index (κ1) is 16.0. The maximum Gasteiger partial charge on any atom is 0.272 e. The molecule has 1 saturated heterocycles. The van der Waals surface area contributed by atoms with E-state index < -0.39 is 0 Å². The van der Waals surface area contributed by atoms with E-state index in [4.69, 9.17) is 0 Å². The summed E-state index contributed by atoms with van der Waals surface area (Å²) in [5, 5.41) is 7.88. The fourth-order valence-corrected chi connectivity index (χ4v) is 2.92. The molecule has 1 atom stereocenters. The summed E-state index contributed by atoms with van der Waals surface area (Å²) in [7, 11) is 1.85. The summed E-state index contributed by atoms with van der Waals surface area (Å²) < 4.78 is 1.72. The number of nitrogens with one attached hydrogen (secondary N) is 1. The Morgan fingerprint density at radius 2 is 2.33 bits per heavy atom. The summed E-state index contributed by atoms with van der Waals surface area (Å²) >= 11 is 0. The van der Waals surface area contributed by atoms with Gasteiger partial charge in [-0.1, -0.05) is 20.8 Å². The molecule has 118 valence electrons. The van der Waals surface area contributed by atoms with Crippen LogP contribution in [-0.2, 0) is 13.5 Å². The normalized spacial score (nSPS) is 18.4. The third-order valence-electron chi connectivity index (χ3n) is 3.99. The van der Waals surface area contributed by atoms with Crippen molar-refractivity contribution in [2.75, 3.05) is 19.6 Å². The molecule has 1 aliphatic rings. The molecule has 0 spiro atoms. The first-order chi connectivity index (χ1) is 10.0. The van der Waals surface area contributed by atoms with Gasteiger partial charge in [0.15, 0.2) is 0 Å². The minimum atomic E-state index is 0.104. The molecule has 1 N–H and O–H groups in total. The van der Waals surface area contributed by atoms with E-state index in [1.165, 1.54) is 6.42 Å². The van der Waals surface area contributed by atoms with Crippen molar-refractivity contribution in [3.63, 3.8) is 0 Å². The SMILES string of the molecule is CCc1cc(C(=O)N(CC(C)C)CC2CCCN2)n(C)n1. The second kappa shape index (κ2) is 7.07. The van der Waals surface area contributed by atoms with Crippen molar-refractivity contribution in [2.45, 2.75) is 46.1 Å². The van der Waals surface area contributed by atoms with Crippen molar-refractivity contribution < 1.29 is 4.79 Å². The van der Waals surface area contributed by atoms with Gasteiger partial charge in [0.05, 0.1) is 5.69 Å². The second-order valence-corrected chi connectivity index (χ2v) is 6.40. The van der Waals surface area contributed by atoms with Gasteiger partial charge < -0.3 is 10.2 Å². The third kappa shape index (κ3) is 4.06. The molecule has 5 nitrogen and oxygen atoms in total. The average Bonchev–Trinajstić information content (AvgIpc) is 3.06. The molecule has 1 aromatic rings. The van der Waals surface area contributed by atoms with Crippen molar-refractivity contribution in [2.24, 2.45) is 13.0 Å². The number of hydrogen-bond acceptors (Lipinski definition) is 3. The van der Waals surface area contributed by atoms with Gasteiger partial charge in [-0.15, -0.1) is 0 Å². The topological polar surface area (TPSA) is 50.2 Å². The lowest BCUT2D eigenvalue weighted by atomic mass is 10.1. The monoisotopic (exact) mass is 292 g/mol. The van der Waals surface area contributed by atoms with Crippen molar-refractivity contribution >= 4 is 5.91 Å².